The van der Waals surface area contributed by atoms with Crippen molar-refractivity contribution in [3.05, 3.63) is 23.2 Å². The van der Waals surface area contributed by atoms with E-state index >= 15 is 0 Å². The highest BCUT2D eigenvalue weighted by Gasteiger charge is 2.38. The summed E-state index contributed by atoms with van der Waals surface area (Å²) in [7, 11) is 0. The maximum atomic E-state index is 12.2. The monoisotopic (exact) mass is 325 g/mol. The third kappa shape index (κ3) is 4.39. The number of aliphatic hydroxyl groups excluding tert-OH is 1. The molecular weight excluding hydrogens is 311 g/mol. The molecule has 2 rings (SSSR count). The van der Waals surface area contributed by atoms with Gasteiger partial charge >= 0.3 is 6.18 Å². The normalized spacial score (nSPS) is 17.2. The van der Waals surface area contributed by atoms with Crippen LogP contribution in [0, 0.1) is 5.41 Å². The molecule has 0 saturated carbocycles. The summed E-state index contributed by atoms with van der Waals surface area (Å²) in [5, 5.41) is 12.7. The van der Waals surface area contributed by atoms with Crippen molar-refractivity contribution in [2.75, 3.05) is 38.3 Å². The van der Waals surface area contributed by atoms with Gasteiger partial charge in [-0.25, -0.2) is 0 Å². The van der Waals surface area contributed by atoms with Crippen molar-refractivity contribution in [3.63, 3.8) is 0 Å². The van der Waals surface area contributed by atoms with Crippen molar-refractivity contribution < 1.29 is 27.8 Å². The molecule has 0 aromatic heterocycles. The minimum Gasteiger partial charge on any atom is -0.482 e. The summed E-state index contributed by atoms with van der Waals surface area (Å²) in [5.41, 5.74) is -0.0599. The molecule has 8 heteroatoms. The number of rotatable bonds is 6. The molecule has 1 aromatic carbocycles. The van der Waals surface area contributed by atoms with E-state index in [4.69, 9.17) is 21.1 Å². The predicted molar refractivity (Wildman–Crippen MR) is 71.8 cm³/mol. The molecule has 0 amide bonds. The smallest absolute Gasteiger partial charge is 0.422 e. The van der Waals surface area contributed by atoms with Crippen LogP contribution in [0.25, 0.3) is 0 Å². The van der Waals surface area contributed by atoms with E-state index in [0.29, 0.717) is 30.5 Å². The van der Waals surface area contributed by atoms with Crippen LogP contribution in [-0.4, -0.2) is 44.3 Å². The van der Waals surface area contributed by atoms with Crippen LogP contribution in [-0.2, 0) is 4.74 Å². The molecule has 0 atom stereocenters. The molecule has 2 N–H and O–H groups in total. The molecule has 1 heterocycles. The van der Waals surface area contributed by atoms with Gasteiger partial charge in [-0.2, -0.15) is 13.2 Å². The van der Waals surface area contributed by atoms with Crippen LogP contribution in [0.2, 0.25) is 5.02 Å². The first-order valence-electron chi connectivity index (χ1n) is 6.25. The maximum absolute atomic E-state index is 12.2. The van der Waals surface area contributed by atoms with Gasteiger partial charge in [-0.3, -0.25) is 0 Å². The number of anilines is 1. The fourth-order valence-corrected chi connectivity index (χ4v) is 2.02. The van der Waals surface area contributed by atoms with E-state index in [1.807, 2.05) is 0 Å². The first kappa shape index (κ1) is 16.2. The van der Waals surface area contributed by atoms with Gasteiger partial charge in [-0.15, -0.1) is 0 Å². The molecule has 0 unspecified atom stereocenters. The Morgan fingerprint density at radius 2 is 2.10 bits per heavy atom. The molecule has 0 radical (unpaired) electrons. The van der Waals surface area contributed by atoms with Gasteiger partial charge in [-0.05, 0) is 18.2 Å². The molecule has 21 heavy (non-hydrogen) atoms. The van der Waals surface area contributed by atoms with Crippen molar-refractivity contribution in [1.82, 2.24) is 0 Å². The van der Waals surface area contributed by atoms with Crippen molar-refractivity contribution >= 4 is 17.3 Å². The number of hydrogen-bond acceptors (Lipinski definition) is 4. The number of benzene rings is 1. The van der Waals surface area contributed by atoms with Gasteiger partial charge in [0.05, 0.1) is 30.9 Å². The standard InChI is InChI=1S/C13H15ClF3NO3/c14-9-1-2-11(21-8-13(15,16)17)10(3-9)18-4-12(5-19)6-20-7-12/h1-3,18-19H,4-8H2. The average molecular weight is 326 g/mol. The zero-order valence-electron chi connectivity index (χ0n) is 11.0. The maximum Gasteiger partial charge on any atom is 0.422 e. The van der Waals surface area contributed by atoms with Crippen molar-refractivity contribution in [3.8, 4) is 5.75 Å². The summed E-state index contributed by atoms with van der Waals surface area (Å²) < 4.78 is 46.5. The number of nitrogens with one attached hydrogen (secondary N) is 1. The van der Waals surface area contributed by atoms with Gasteiger partial charge in [0.1, 0.15) is 5.75 Å². The lowest BCUT2D eigenvalue weighted by Gasteiger charge is -2.40. The van der Waals surface area contributed by atoms with Crippen LogP contribution >= 0.6 is 11.6 Å². The second-order valence-electron chi connectivity index (χ2n) is 5.05. The molecular formula is C13H15ClF3NO3. The van der Waals surface area contributed by atoms with Crippen LogP contribution in [0.1, 0.15) is 0 Å². The summed E-state index contributed by atoms with van der Waals surface area (Å²) in [6.07, 6.45) is -4.41. The zero-order valence-corrected chi connectivity index (χ0v) is 11.8. The average Bonchev–Trinajstić information content (AvgIpc) is 2.36. The minimum absolute atomic E-state index is 0.0602. The third-order valence-electron chi connectivity index (χ3n) is 3.14. The number of ether oxygens (including phenoxy) is 2. The number of aliphatic hydroxyl groups is 1. The first-order valence-corrected chi connectivity index (χ1v) is 6.63. The summed E-state index contributed by atoms with van der Waals surface area (Å²) in [6, 6.07) is 4.31. The molecule has 1 aliphatic rings. The van der Waals surface area contributed by atoms with E-state index in [1.165, 1.54) is 18.2 Å². The molecule has 1 aliphatic heterocycles. The highest BCUT2D eigenvalue weighted by molar-refractivity contribution is 6.30. The Bertz CT molecular complexity index is 487. The Morgan fingerprint density at radius 3 is 2.62 bits per heavy atom. The van der Waals surface area contributed by atoms with Crippen LogP contribution in [0.15, 0.2) is 18.2 Å². The van der Waals surface area contributed by atoms with E-state index in [2.05, 4.69) is 5.32 Å². The summed E-state index contributed by atoms with van der Waals surface area (Å²) in [5.74, 6) is 0.0602. The van der Waals surface area contributed by atoms with Gasteiger partial charge < -0.3 is 19.9 Å². The van der Waals surface area contributed by atoms with Crippen molar-refractivity contribution in [2.45, 2.75) is 6.18 Å². The highest BCUT2D eigenvalue weighted by atomic mass is 35.5. The fourth-order valence-electron chi connectivity index (χ4n) is 1.85. The van der Waals surface area contributed by atoms with Gasteiger partial charge in [0.15, 0.2) is 6.61 Å². The van der Waals surface area contributed by atoms with Crippen molar-refractivity contribution in [1.29, 1.82) is 0 Å². The fraction of sp³-hybridized carbons (Fsp3) is 0.538. The summed E-state index contributed by atoms with van der Waals surface area (Å²) >= 11 is 5.85. The van der Waals surface area contributed by atoms with E-state index < -0.39 is 18.2 Å². The molecule has 0 bridgehead atoms. The molecule has 118 valence electrons. The number of halogens is 4. The van der Waals surface area contributed by atoms with Crippen molar-refractivity contribution in [2.24, 2.45) is 5.41 Å². The van der Waals surface area contributed by atoms with Gasteiger partial charge in [0.2, 0.25) is 0 Å². The molecule has 0 spiro atoms. The van der Waals surface area contributed by atoms with E-state index in [1.54, 1.807) is 0 Å². The lowest BCUT2D eigenvalue weighted by atomic mass is 9.87. The van der Waals surface area contributed by atoms with Crippen LogP contribution in [0.3, 0.4) is 0 Å². The molecule has 1 aromatic rings. The number of hydrogen-bond donors (Lipinski definition) is 2. The number of alkyl halides is 3. The Hall–Kier alpha value is -1.18. The summed E-state index contributed by atoms with van der Waals surface area (Å²) in [6.45, 7) is -0.297. The zero-order chi connectivity index (χ0) is 15.5. The van der Waals surface area contributed by atoms with E-state index in [9.17, 15) is 18.3 Å². The Labute approximate surface area is 124 Å². The molecule has 1 saturated heterocycles. The van der Waals surface area contributed by atoms with E-state index in [-0.39, 0.29) is 12.4 Å². The topological polar surface area (TPSA) is 50.7 Å². The lowest BCUT2D eigenvalue weighted by Crippen LogP contribution is -2.50. The molecule has 1 fully saturated rings. The highest BCUT2D eigenvalue weighted by Crippen LogP contribution is 2.32. The van der Waals surface area contributed by atoms with Crippen LogP contribution in [0.4, 0.5) is 18.9 Å². The third-order valence-corrected chi connectivity index (χ3v) is 3.37. The Kier molecular flexibility index (Phi) is 4.85. The molecule has 0 aliphatic carbocycles. The lowest BCUT2D eigenvalue weighted by molar-refractivity contribution is -0.153. The Morgan fingerprint density at radius 1 is 1.38 bits per heavy atom. The second-order valence-corrected chi connectivity index (χ2v) is 5.49. The largest absolute Gasteiger partial charge is 0.482 e. The van der Waals surface area contributed by atoms with Crippen LogP contribution < -0.4 is 10.1 Å². The summed E-state index contributed by atoms with van der Waals surface area (Å²) in [4.78, 5) is 0. The minimum atomic E-state index is -4.41. The van der Waals surface area contributed by atoms with E-state index in [0.717, 1.165) is 0 Å². The first-order chi connectivity index (χ1) is 9.84. The van der Waals surface area contributed by atoms with Gasteiger partial charge in [0, 0.05) is 11.6 Å². The van der Waals surface area contributed by atoms with Crippen LogP contribution in [0.5, 0.6) is 5.75 Å². The molecule has 4 nitrogen and oxygen atoms in total. The predicted octanol–water partition coefficient (Wildman–Crippen LogP) is 2.70. The van der Waals surface area contributed by atoms with Gasteiger partial charge in [0.25, 0.3) is 0 Å². The quantitative estimate of drug-likeness (QED) is 0.844. The Balaban J connectivity index is 2.04. The second kappa shape index (κ2) is 6.29. The SMILES string of the molecule is OCC1(CNc2cc(Cl)ccc2OCC(F)(F)F)COC1. The van der Waals surface area contributed by atoms with Gasteiger partial charge in [-0.1, -0.05) is 11.6 Å².